The van der Waals surface area contributed by atoms with Crippen molar-refractivity contribution >= 4 is 23.4 Å². The fraction of sp³-hybridized carbons (Fsp3) is 0.556. The van der Waals surface area contributed by atoms with Gasteiger partial charge in [0, 0.05) is 45.0 Å². The quantitative estimate of drug-likeness (QED) is 0.680. The summed E-state index contributed by atoms with van der Waals surface area (Å²) in [5, 5.41) is 13.2. The van der Waals surface area contributed by atoms with Crippen molar-refractivity contribution in [3.8, 4) is 11.1 Å². The third-order valence-electron chi connectivity index (χ3n) is 7.57. The highest BCUT2D eigenvalue weighted by atomic mass is 16.5. The highest BCUT2D eigenvalue weighted by Gasteiger charge is 2.26. The number of urea groups is 1. The number of aromatic nitrogens is 1. The summed E-state index contributed by atoms with van der Waals surface area (Å²) in [6.45, 7) is 10.3. The Morgan fingerprint density at radius 3 is 2.51 bits per heavy atom. The molecule has 2 atom stereocenters. The number of carbonyl (C=O) groups is 1. The molecular formula is C27H37N5O3. The van der Waals surface area contributed by atoms with Gasteiger partial charge in [0.05, 0.1) is 19.3 Å². The van der Waals surface area contributed by atoms with Crippen LogP contribution in [0.4, 0.5) is 22.1 Å². The van der Waals surface area contributed by atoms with E-state index < -0.39 is 0 Å². The van der Waals surface area contributed by atoms with Gasteiger partial charge in [0.1, 0.15) is 11.6 Å². The van der Waals surface area contributed by atoms with E-state index in [4.69, 9.17) is 9.72 Å². The summed E-state index contributed by atoms with van der Waals surface area (Å²) in [5.74, 6) is 2.42. The largest absolute Gasteiger partial charge is 0.391 e. The van der Waals surface area contributed by atoms with E-state index in [0.29, 0.717) is 25.7 Å². The van der Waals surface area contributed by atoms with Gasteiger partial charge in [-0.25, -0.2) is 9.78 Å². The van der Waals surface area contributed by atoms with Gasteiger partial charge in [0.2, 0.25) is 0 Å². The predicted octanol–water partition coefficient (Wildman–Crippen LogP) is 3.73. The number of β-amino-alcohol motifs (C(OH)–C–C–N with tert-alkyl or cyclic N) is 1. The lowest BCUT2D eigenvalue weighted by atomic mass is 10.00. The van der Waals surface area contributed by atoms with Crippen LogP contribution in [0.3, 0.4) is 0 Å². The number of benzene rings is 1. The standard InChI is InChI=1S/C27H37N5O3/c1-3-20-6-8-32(17-20)27(34)28-22-5-4-19(2)24(16-22)21-14-25(30-10-12-35-13-11-30)29-26(15-21)31-9-7-23(33)18-31/h4-5,14-16,20,23,33H,3,6-13,17-18H2,1-2H3,(H,28,34)/t20-,23-/m0/s1. The number of morpholine rings is 1. The van der Waals surface area contributed by atoms with Gasteiger partial charge in [-0.2, -0.15) is 0 Å². The zero-order chi connectivity index (χ0) is 24.4. The smallest absolute Gasteiger partial charge is 0.321 e. The Balaban J connectivity index is 1.44. The van der Waals surface area contributed by atoms with Crippen LogP contribution in [0, 0.1) is 12.8 Å². The number of aryl methyl sites for hydroxylation is 1. The molecule has 35 heavy (non-hydrogen) atoms. The summed E-state index contributed by atoms with van der Waals surface area (Å²) >= 11 is 0. The van der Waals surface area contributed by atoms with Crippen LogP contribution in [0.1, 0.15) is 31.7 Å². The number of carbonyl (C=O) groups excluding carboxylic acids is 1. The van der Waals surface area contributed by atoms with Gasteiger partial charge in [0.15, 0.2) is 0 Å². The molecule has 0 spiro atoms. The van der Waals surface area contributed by atoms with Gasteiger partial charge in [-0.1, -0.05) is 19.4 Å². The lowest BCUT2D eigenvalue weighted by Gasteiger charge is -2.29. The zero-order valence-corrected chi connectivity index (χ0v) is 20.9. The summed E-state index contributed by atoms with van der Waals surface area (Å²) in [6.07, 6.45) is 2.64. The molecule has 0 saturated carbocycles. The summed E-state index contributed by atoms with van der Waals surface area (Å²) < 4.78 is 5.55. The molecule has 3 fully saturated rings. The SMILES string of the molecule is CC[C@H]1CCN(C(=O)Nc2ccc(C)c(-c3cc(N4CCOCC4)nc(N4CC[C@H](O)C4)c3)c2)C1. The van der Waals surface area contributed by atoms with Crippen molar-refractivity contribution in [1.29, 1.82) is 0 Å². The van der Waals surface area contributed by atoms with Gasteiger partial charge in [-0.3, -0.25) is 0 Å². The molecule has 4 heterocycles. The average Bonchev–Trinajstić information content (AvgIpc) is 3.55. The van der Waals surface area contributed by atoms with Gasteiger partial charge in [-0.15, -0.1) is 0 Å². The van der Waals surface area contributed by atoms with Crippen LogP contribution in [0.5, 0.6) is 0 Å². The second kappa shape index (κ2) is 10.4. The first-order valence-corrected chi connectivity index (χ1v) is 12.9. The fourth-order valence-corrected chi connectivity index (χ4v) is 5.29. The second-order valence-electron chi connectivity index (χ2n) is 10.0. The molecule has 2 aromatic rings. The maximum atomic E-state index is 12.9. The predicted molar refractivity (Wildman–Crippen MR) is 139 cm³/mol. The third-order valence-corrected chi connectivity index (χ3v) is 7.57. The Morgan fingerprint density at radius 2 is 1.83 bits per heavy atom. The lowest BCUT2D eigenvalue weighted by Crippen LogP contribution is -2.37. The first kappa shape index (κ1) is 23.9. The molecule has 0 aliphatic carbocycles. The average molecular weight is 480 g/mol. The van der Waals surface area contributed by atoms with Crippen molar-refractivity contribution < 1.29 is 14.6 Å². The normalized spacial score (nSPS) is 22.7. The van der Waals surface area contributed by atoms with Crippen LogP contribution >= 0.6 is 0 Å². The number of anilines is 3. The molecule has 1 aromatic carbocycles. The number of ether oxygens (including phenoxy) is 1. The Kier molecular flexibility index (Phi) is 7.11. The first-order chi connectivity index (χ1) is 17.0. The number of nitrogens with zero attached hydrogens (tertiary/aromatic N) is 4. The second-order valence-corrected chi connectivity index (χ2v) is 10.0. The van der Waals surface area contributed by atoms with E-state index in [0.717, 1.165) is 86.0 Å². The molecule has 1 aromatic heterocycles. The molecule has 0 radical (unpaired) electrons. The molecule has 3 aliphatic rings. The molecule has 3 aliphatic heterocycles. The van der Waals surface area contributed by atoms with Crippen molar-refractivity contribution in [3.63, 3.8) is 0 Å². The van der Waals surface area contributed by atoms with Gasteiger partial charge < -0.3 is 29.9 Å². The summed E-state index contributed by atoms with van der Waals surface area (Å²) in [4.78, 5) is 24.2. The summed E-state index contributed by atoms with van der Waals surface area (Å²) in [5.41, 5.74) is 4.09. The highest BCUT2D eigenvalue weighted by Crippen LogP contribution is 2.33. The van der Waals surface area contributed by atoms with Crippen molar-refractivity contribution in [2.45, 2.75) is 39.2 Å². The monoisotopic (exact) mass is 479 g/mol. The molecular weight excluding hydrogens is 442 g/mol. The van der Waals surface area contributed by atoms with Crippen molar-refractivity contribution in [1.82, 2.24) is 9.88 Å². The maximum Gasteiger partial charge on any atom is 0.321 e. The highest BCUT2D eigenvalue weighted by molar-refractivity contribution is 5.91. The van der Waals surface area contributed by atoms with Gasteiger partial charge >= 0.3 is 6.03 Å². The van der Waals surface area contributed by atoms with E-state index in [9.17, 15) is 9.90 Å². The molecule has 8 heteroatoms. The maximum absolute atomic E-state index is 12.9. The number of rotatable bonds is 5. The minimum Gasteiger partial charge on any atom is -0.391 e. The van der Waals surface area contributed by atoms with Gasteiger partial charge in [0.25, 0.3) is 0 Å². The minimum absolute atomic E-state index is 0.0220. The number of likely N-dealkylation sites (tertiary alicyclic amines) is 1. The number of hydrogen-bond donors (Lipinski definition) is 2. The number of hydrogen-bond acceptors (Lipinski definition) is 6. The van der Waals surface area contributed by atoms with E-state index in [1.807, 2.05) is 11.0 Å². The Bertz CT molecular complexity index is 1030. The molecule has 3 saturated heterocycles. The number of aliphatic hydroxyl groups is 1. The number of amides is 2. The molecule has 188 valence electrons. The molecule has 2 amide bonds. The topological polar surface area (TPSA) is 81.2 Å². The zero-order valence-electron chi connectivity index (χ0n) is 20.9. The molecule has 8 nitrogen and oxygen atoms in total. The van der Waals surface area contributed by atoms with E-state index in [2.05, 4.69) is 53.2 Å². The van der Waals surface area contributed by atoms with Crippen LogP contribution in [0.15, 0.2) is 30.3 Å². The lowest BCUT2D eigenvalue weighted by molar-refractivity contribution is 0.122. The van der Waals surface area contributed by atoms with E-state index in [1.165, 1.54) is 0 Å². The van der Waals surface area contributed by atoms with Crippen molar-refractivity contribution in [2.24, 2.45) is 5.92 Å². The van der Waals surface area contributed by atoms with Crippen LogP contribution in [-0.2, 0) is 4.74 Å². The Hall–Kier alpha value is -2.84. The Morgan fingerprint density at radius 1 is 1.06 bits per heavy atom. The molecule has 0 bridgehead atoms. The molecule has 0 unspecified atom stereocenters. The number of nitrogens with one attached hydrogen (secondary N) is 1. The van der Waals surface area contributed by atoms with Gasteiger partial charge in [-0.05, 0) is 66.6 Å². The van der Waals surface area contributed by atoms with Crippen LogP contribution < -0.4 is 15.1 Å². The summed E-state index contributed by atoms with van der Waals surface area (Å²) in [6, 6.07) is 10.3. The fourth-order valence-electron chi connectivity index (χ4n) is 5.29. The number of pyridine rings is 1. The van der Waals surface area contributed by atoms with Crippen LogP contribution in [-0.4, -0.2) is 79.6 Å². The van der Waals surface area contributed by atoms with Crippen LogP contribution in [0.25, 0.3) is 11.1 Å². The van der Waals surface area contributed by atoms with E-state index in [1.54, 1.807) is 0 Å². The third kappa shape index (κ3) is 5.38. The Labute approximate surface area is 207 Å². The van der Waals surface area contributed by atoms with Crippen molar-refractivity contribution in [2.75, 3.05) is 67.6 Å². The molecule has 2 N–H and O–H groups in total. The number of aliphatic hydroxyl groups excluding tert-OH is 1. The van der Waals surface area contributed by atoms with E-state index >= 15 is 0 Å². The van der Waals surface area contributed by atoms with E-state index in [-0.39, 0.29) is 12.1 Å². The summed E-state index contributed by atoms with van der Waals surface area (Å²) in [7, 11) is 0. The molecule has 5 rings (SSSR count). The minimum atomic E-state index is -0.314. The van der Waals surface area contributed by atoms with Crippen LogP contribution in [0.2, 0.25) is 0 Å². The van der Waals surface area contributed by atoms with Crippen molar-refractivity contribution in [3.05, 3.63) is 35.9 Å². The first-order valence-electron chi connectivity index (χ1n) is 12.9.